The van der Waals surface area contributed by atoms with Crippen molar-refractivity contribution in [3.05, 3.63) is 57.7 Å². The van der Waals surface area contributed by atoms with Gasteiger partial charge in [0.2, 0.25) is 10.0 Å². The summed E-state index contributed by atoms with van der Waals surface area (Å²) in [5, 5.41) is 0. The fourth-order valence-electron chi connectivity index (χ4n) is 2.93. The molecular weight excluding hydrogens is 451 g/mol. The SMILES string of the molecule is COc1ccc(S(=O)(=O)N2CCN(Cc3ccccc3)CC2)cc1I. The normalized spacial score (nSPS) is 16.7. The van der Waals surface area contributed by atoms with Gasteiger partial charge in [0, 0.05) is 32.7 Å². The van der Waals surface area contributed by atoms with Crippen molar-refractivity contribution < 1.29 is 13.2 Å². The van der Waals surface area contributed by atoms with E-state index in [1.54, 1.807) is 29.6 Å². The number of nitrogens with zero attached hydrogens (tertiary/aromatic N) is 2. The molecule has 0 radical (unpaired) electrons. The lowest BCUT2D eigenvalue weighted by atomic mass is 10.2. The summed E-state index contributed by atoms with van der Waals surface area (Å²) in [6.07, 6.45) is 0. The number of ether oxygens (including phenoxy) is 1. The van der Waals surface area contributed by atoms with Crippen LogP contribution >= 0.6 is 22.6 Å². The Morgan fingerprint density at radius 2 is 1.72 bits per heavy atom. The van der Waals surface area contributed by atoms with Crippen LogP contribution in [0.1, 0.15) is 5.56 Å². The molecule has 0 aromatic heterocycles. The van der Waals surface area contributed by atoms with Crippen molar-refractivity contribution in [1.82, 2.24) is 9.21 Å². The smallest absolute Gasteiger partial charge is 0.243 e. The Morgan fingerprint density at radius 3 is 2.32 bits per heavy atom. The van der Waals surface area contributed by atoms with E-state index in [4.69, 9.17) is 4.74 Å². The Morgan fingerprint density at radius 1 is 1.04 bits per heavy atom. The van der Waals surface area contributed by atoms with Gasteiger partial charge in [-0.15, -0.1) is 0 Å². The summed E-state index contributed by atoms with van der Waals surface area (Å²) in [5.41, 5.74) is 1.25. The van der Waals surface area contributed by atoms with Crippen molar-refractivity contribution >= 4 is 32.6 Å². The molecule has 0 unspecified atom stereocenters. The van der Waals surface area contributed by atoms with Gasteiger partial charge in [0.1, 0.15) is 5.75 Å². The molecule has 2 aromatic rings. The van der Waals surface area contributed by atoms with Crippen molar-refractivity contribution in [2.45, 2.75) is 11.4 Å². The van der Waals surface area contributed by atoms with Crippen LogP contribution in [-0.4, -0.2) is 50.9 Å². The number of halogens is 1. The Kier molecular flexibility index (Phi) is 5.98. The third-order valence-corrected chi connectivity index (χ3v) is 7.08. The van der Waals surface area contributed by atoms with E-state index in [1.165, 1.54) is 5.56 Å². The van der Waals surface area contributed by atoms with Gasteiger partial charge >= 0.3 is 0 Å². The van der Waals surface area contributed by atoms with Crippen LogP contribution in [0, 0.1) is 3.57 Å². The highest BCUT2D eigenvalue weighted by Crippen LogP contribution is 2.26. The summed E-state index contributed by atoms with van der Waals surface area (Å²) in [6.45, 7) is 3.35. The summed E-state index contributed by atoms with van der Waals surface area (Å²) in [5.74, 6) is 0.687. The van der Waals surface area contributed by atoms with Crippen LogP contribution in [0.2, 0.25) is 0 Å². The molecule has 0 amide bonds. The van der Waals surface area contributed by atoms with Gasteiger partial charge in [-0.3, -0.25) is 4.90 Å². The van der Waals surface area contributed by atoms with Crippen molar-refractivity contribution in [1.29, 1.82) is 0 Å². The molecule has 1 saturated heterocycles. The standard InChI is InChI=1S/C18H21IN2O3S/c1-24-18-8-7-16(13-17(18)19)25(22,23)21-11-9-20(10-12-21)14-15-5-3-2-4-6-15/h2-8,13H,9-12,14H2,1H3. The van der Waals surface area contributed by atoms with Crippen LogP contribution in [-0.2, 0) is 16.6 Å². The second-order valence-corrected chi connectivity index (χ2v) is 9.06. The summed E-state index contributed by atoms with van der Waals surface area (Å²) in [7, 11) is -1.88. The summed E-state index contributed by atoms with van der Waals surface area (Å²) >= 11 is 2.10. The third kappa shape index (κ3) is 4.33. The maximum atomic E-state index is 12.9. The molecule has 134 valence electrons. The zero-order valence-corrected chi connectivity index (χ0v) is 17.0. The van der Waals surface area contributed by atoms with Crippen LogP contribution in [0.5, 0.6) is 5.75 Å². The van der Waals surface area contributed by atoms with Crippen LogP contribution in [0.25, 0.3) is 0 Å². The quantitative estimate of drug-likeness (QED) is 0.629. The highest BCUT2D eigenvalue weighted by atomic mass is 127. The molecule has 1 heterocycles. The zero-order valence-electron chi connectivity index (χ0n) is 14.1. The molecule has 0 saturated carbocycles. The number of hydrogen-bond donors (Lipinski definition) is 0. The van der Waals surface area contributed by atoms with Gasteiger partial charge in [-0.1, -0.05) is 30.3 Å². The molecule has 0 N–H and O–H groups in total. The van der Waals surface area contributed by atoms with Crippen LogP contribution in [0.4, 0.5) is 0 Å². The first-order valence-corrected chi connectivity index (χ1v) is 10.6. The van der Waals surface area contributed by atoms with E-state index in [0.29, 0.717) is 23.7 Å². The Labute approximate surface area is 162 Å². The van der Waals surface area contributed by atoms with Crippen LogP contribution < -0.4 is 4.74 Å². The van der Waals surface area contributed by atoms with E-state index in [9.17, 15) is 8.42 Å². The van der Waals surface area contributed by atoms with E-state index in [1.807, 2.05) is 18.2 Å². The van der Waals surface area contributed by atoms with Gasteiger partial charge in [-0.2, -0.15) is 4.31 Å². The van der Waals surface area contributed by atoms with E-state index >= 15 is 0 Å². The molecular formula is C18H21IN2O3S. The molecule has 0 spiro atoms. The number of sulfonamides is 1. The van der Waals surface area contributed by atoms with Gasteiger partial charge in [-0.25, -0.2) is 8.42 Å². The summed E-state index contributed by atoms with van der Waals surface area (Å²) in [4.78, 5) is 2.62. The van der Waals surface area contributed by atoms with Crippen LogP contribution in [0.3, 0.4) is 0 Å². The maximum absolute atomic E-state index is 12.9. The molecule has 25 heavy (non-hydrogen) atoms. The fourth-order valence-corrected chi connectivity index (χ4v) is 5.32. The molecule has 1 aliphatic rings. The lowest BCUT2D eigenvalue weighted by molar-refractivity contribution is 0.181. The number of methoxy groups -OCH3 is 1. The minimum Gasteiger partial charge on any atom is -0.496 e. The fraction of sp³-hybridized carbons (Fsp3) is 0.333. The van der Waals surface area contributed by atoms with E-state index < -0.39 is 10.0 Å². The average Bonchev–Trinajstić information content (AvgIpc) is 2.63. The van der Waals surface area contributed by atoms with Crippen molar-refractivity contribution in [3.8, 4) is 5.75 Å². The molecule has 0 aliphatic carbocycles. The highest BCUT2D eigenvalue weighted by molar-refractivity contribution is 14.1. The number of piperazine rings is 1. The van der Waals surface area contributed by atoms with E-state index in [2.05, 4.69) is 39.6 Å². The monoisotopic (exact) mass is 472 g/mol. The first-order valence-electron chi connectivity index (χ1n) is 8.10. The minimum atomic E-state index is -3.46. The van der Waals surface area contributed by atoms with E-state index in [0.717, 1.165) is 23.2 Å². The lowest BCUT2D eigenvalue weighted by Crippen LogP contribution is -2.48. The number of rotatable bonds is 5. The zero-order chi connectivity index (χ0) is 17.9. The molecule has 5 nitrogen and oxygen atoms in total. The number of hydrogen-bond acceptors (Lipinski definition) is 4. The molecule has 0 atom stereocenters. The van der Waals surface area contributed by atoms with E-state index in [-0.39, 0.29) is 0 Å². The third-order valence-electron chi connectivity index (χ3n) is 4.34. The summed E-state index contributed by atoms with van der Waals surface area (Å²) < 4.78 is 33.3. The predicted molar refractivity (Wildman–Crippen MR) is 106 cm³/mol. The predicted octanol–water partition coefficient (Wildman–Crippen LogP) is 2.81. The molecule has 7 heteroatoms. The molecule has 1 fully saturated rings. The largest absolute Gasteiger partial charge is 0.496 e. The molecule has 1 aliphatic heterocycles. The van der Waals surface area contributed by atoms with Crippen LogP contribution in [0.15, 0.2) is 53.4 Å². The molecule has 3 rings (SSSR count). The first-order chi connectivity index (χ1) is 12.0. The van der Waals surface area contributed by atoms with Gasteiger partial charge in [0.15, 0.2) is 0 Å². The second kappa shape index (κ2) is 8.03. The Balaban J connectivity index is 1.66. The van der Waals surface area contributed by atoms with Crippen molar-refractivity contribution in [3.63, 3.8) is 0 Å². The topological polar surface area (TPSA) is 49.9 Å². The maximum Gasteiger partial charge on any atom is 0.243 e. The highest BCUT2D eigenvalue weighted by Gasteiger charge is 2.28. The first kappa shape index (κ1) is 18.6. The second-order valence-electron chi connectivity index (χ2n) is 5.96. The number of benzene rings is 2. The summed E-state index contributed by atoms with van der Waals surface area (Å²) in [6, 6.07) is 15.3. The van der Waals surface area contributed by atoms with Crippen molar-refractivity contribution in [2.75, 3.05) is 33.3 Å². The average molecular weight is 472 g/mol. The van der Waals surface area contributed by atoms with Gasteiger partial charge in [-0.05, 0) is 46.4 Å². The van der Waals surface area contributed by atoms with Gasteiger partial charge in [0.05, 0.1) is 15.6 Å². The van der Waals surface area contributed by atoms with Crippen molar-refractivity contribution in [2.24, 2.45) is 0 Å². The van der Waals surface area contributed by atoms with Gasteiger partial charge < -0.3 is 4.74 Å². The Hall–Kier alpha value is -1.16. The minimum absolute atomic E-state index is 0.328. The Bertz CT molecular complexity index is 819. The molecule has 2 aromatic carbocycles. The molecule has 0 bridgehead atoms. The van der Waals surface area contributed by atoms with Gasteiger partial charge in [0.25, 0.3) is 0 Å². The lowest BCUT2D eigenvalue weighted by Gasteiger charge is -2.34.